The van der Waals surface area contributed by atoms with Crippen LogP contribution in [-0.2, 0) is 11.2 Å². The third kappa shape index (κ3) is 4.23. The number of nitrogens with one attached hydrogen (secondary N) is 1. The minimum absolute atomic E-state index is 0.0432. The number of nitrogens with zero attached hydrogens (tertiary/aromatic N) is 4. The molecule has 132 valence electrons. The van der Waals surface area contributed by atoms with Crippen LogP contribution < -0.4 is 10.2 Å². The highest BCUT2D eigenvalue weighted by atomic mass is 19.1. The number of hydrogen-bond donors (Lipinski definition) is 1. The minimum Gasteiger partial charge on any atom is -0.369 e. The Morgan fingerprint density at radius 3 is 2.52 bits per heavy atom. The summed E-state index contributed by atoms with van der Waals surface area (Å²) in [5.74, 6) is 1.19. The van der Waals surface area contributed by atoms with Crippen molar-refractivity contribution in [3.63, 3.8) is 0 Å². The van der Waals surface area contributed by atoms with E-state index in [4.69, 9.17) is 0 Å². The van der Waals surface area contributed by atoms with Gasteiger partial charge in [0, 0.05) is 32.7 Å². The Labute approximate surface area is 146 Å². The van der Waals surface area contributed by atoms with Crippen molar-refractivity contribution in [2.24, 2.45) is 0 Å². The Balaban J connectivity index is 1.54. The van der Waals surface area contributed by atoms with E-state index in [-0.39, 0.29) is 18.1 Å². The van der Waals surface area contributed by atoms with Gasteiger partial charge in [-0.1, -0.05) is 18.2 Å². The van der Waals surface area contributed by atoms with E-state index < -0.39 is 0 Å². The van der Waals surface area contributed by atoms with Crippen molar-refractivity contribution in [2.75, 3.05) is 42.9 Å². The number of carbonyl (C=O) groups is 1. The van der Waals surface area contributed by atoms with Crippen molar-refractivity contribution in [2.45, 2.75) is 13.3 Å². The van der Waals surface area contributed by atoms with E-state index in [1.807, 2.05) is 19.1 Å². The number of piperazine rings is 1. The molecule has 3 rings (SSSR count). The lowest BCUT2D eigenvalue weighted by atomic mass is 10.1. The lowest BCUT2D eigenvalue weighted by molar-refractivity contribution is -0.130. The Bertz CT molecular complexity index is 714. The quantitative estimate of drug-likeness (QED) is 0.899. The molecular formula is C18H22FN5O. The van der Waals surface area contributed by atoms with Gasteiger partial charge < -0.3 is 15.1 Å². The highest BCUT2D eigenvalue weighted by Crippen LogP contribution is 2.15. The number of halogens is 1. The number of rotatable bonds is 5. The molecule has 0 bridgehead atoms. The van der Waals surface area contributed by atoms with Crippen LogP contribution in [0.3, 0.4) is 0 Å². The van der Waals surface area contributed by atoms with E-state index in [9.17, 15) is 9.18 Å². The zero-order chi connectivity index (χ0) is 17.6. The summed E-state index contributed by atoms with van der Waals surface area (Å²) >= 11 is 0. The molecule has 1 aromatic heterocycles. The maximum Gasteiger partial charge on any atom is 0.227 e. The Kier molecular flexibility index (Phi) is 5.42. The molecule has 0 aliphatic carbocycles. The maximum absolute atomic E-state index is 13.7. The van der Waals surface area contributed by atoms with E-state index in [0.717, 1.165) is 18.2 Å². The minimum atomic E-state index is -0.328. The molecular weight excluding hydrogens is 321 g/mol. The maximum atomic E-state index is 13.7. The van der Waals surface area contributed by atoms with Gasteiger partial charge in [-0.2, -0.15) is 0 Å². The number of anilines is 2. The second-order valence-corrected chi connectivity index (χ2v) is 5.94. The van der Waals surface area contributed by atoms with Gasteiger partial charge in [-0.05, 0) is 30.7 Å². The number of carbonyl (C=O) groups excluding carboxylic acids is 1. The lowest BCUT2D eigenvalue weighted by Crippen LogP contribution is -2.49. The van der Waals surface area contributed by atoms with Gasteiger partial charge in [-0.25, -0.2) is 4.39 Å². The van der Waals surface area contributed by atoms with Crippen molar-refractivity contribution < 1.29 is 9.18 Å². The molecule has 2 heterocycles. The van der Waals surface area contributed by atoms with Gasteiger partial charge >= 0.3 is 0 Å². The highest BCUT2D eigenvalue weighted by molar-refractivity contribution is 5.79. The molecule has 0 spiro atoms. The lowest BCUT2D eigenvalue weighted by Gasteiger charge is -2.35. The Hall–Kier alpha value is -2.70. The highest BCUT2D eigenvalue weighted by Gasteiger charge is 2.22. The summed E-state index contributed by atoms with van der Waals surface area (Å²) in [5, 5.41) is 11.5. The molecule has 7 heteroatoms. The number of aromatic nitrogens is 2. The van der Waals surface area contributed by atoms with Gasteiger partial charge in [0.25, 0.3) is 0 Å². The first-order valence-corrected chi connectivity index (χ1v) is 8.51. The molecule has 1 amide bonds. The second kappa shape index (κ2) is 7.92. The molecule has 0 radical (unpaired) electrons. The summed E-state index contributed by atoms with van der Waals surface area (Å²) in [6.07, 6.45) is 0.101. The molecule has 0 atom stereocenters. The fraction of sp³-hybridized carbons (Fsp3) is 0.389. The SMILES string of the molecule is CCNc1ccc(N2CCN(C(=O)Cc3ccccc3F)CC2)nn1. The van der Waals surface area contributed by atoms with Crippen LogP contribution in [0.1, 0.15) is 12.5 Å². The molecule has 1 aliphatic rings. The molecule has 1 aliphatic heterocycles. The smallest absolute Gasteiger partial charge is 0.227 e. The summed E-state index contributed by atoms with van der Waals surface area (Å²) in [7, 11) is 0. The summed E-state index contributed by atoms with van der Waals surface area (Å²) in [4.78, 5) is 16.3. The first-order valence-electron chi connectivity index (χ1n) is 8.51. The summed E-state index contributed by atoms with van der Waals surface area (Å²) in [6, 6.07) is 10.3. The number of benzene rings is 1. The Morgan fingerprint density at radius 1 is 1.12 bits per heavy atom. The summed E-state index contributed by atoms with van der Waals surface area (Å²) in [6.45, 7) is 5.40. The van der Waals surface area contributed by atoms with Gasteiger partial charge in [0.2, 0.25) is 5.91 Å². The van der Waals surface area contributed by atoms with E-state index >= 15 is 0 Å². The average Bonchev–Trinajstić information content (AvgIpc) is 2.65. The zero-order valence-electron chi connectivity index (χ0n) is 14.3. The van der Waals surface area contributed by atoms with E-state index in [2.05, 4.69) is 20.4 Å². The van der Waals surface area contributed by atoms with Gasteiger partial charge in [-0.3, -0.25) is 4.79 Å². The number of hydrogen-bond acceptors (Lipinski definition) is 5. The average molecular weight is 343 g/mol. The first kappa shape index (κ1) is 17.1. The zero-order valence-corrected chi connectivity index (χ0v) is 14.3. The van der Waals surface area contributed by atoms with E-state index in [1.165, 1.54) is 6.07 Å². The first-order chi connectivity index (χ1) is 12.2. The van der Waals surface area contributed by atoms with Crippen molar-refractivity contribution in [3.05, 3.63) is 47.8 Å². The summed E-state index contributed by atoms with van der Waals surface area (Å²) < 4.78 is 13.7. The van der Waals surface area contributed by atoms with Gasteiger partial charge in [0.15, 0.2) is 5.82 Å². The van der Waals surface area contributed by atoms with Crippen LogP contribution in [0, 0.1) is 5.82 Å². The van der Waals surface area contributed by atoms with Crippen LogP contribution in [0.4, 0.5) is 16.0 Å². The third-order valence-corrected chi connectivity index (χ3v) is 4.26. The monoisotopic (exact) mass is 343 g/mol. The normalized spacial score (nSPS) is 14.5. The van der Waals surface area contributed by atoms with Crippen LogP contribution in [0.15, 0.2) is 36.4 Å². The summed E-state index contributed by atoms with van der Waals surface area (Å²) in [5.41, 5.74) is 0.444. The van der Waals surface area contributed by atoms with E-state index in [1.54, 1.807) is 23.1 Å². The predicted octanol–water partition coefficient (Wildman–Crippen LogP) is 1.94. The van der Waals surface area contributed by atoms with Gasteiger partial charge in [-0.15, -0.1) is 10.2 Å². The van der Waals surface area contributed by atoms with Crippen molar-refractivity contribution in [3.8, 4) is 0 Å². The molecule has 1 saturated heterocycles. The van der Waals surface area contributed by atoms with Crippen molar-refractivity contribution >= 4 is 17.5 Å². The molecule has 0 unspecified atom stereocenters. The van der Waals surface area contributed by atoms with Crippen LogP contribution >= 0.6 is 0 Å². The van der Waals surface area contributed by atoms with Gasteiger partial charge in [0.05, 0.1) is 6.42 Å². The molecule has 0 saturated carbocycles. The molecule has 1 aromatic carbocycles. The van der Waals surface area contributed by atoms with Gasteiger partial charge in [0.1, 0.15) is 11.6 Å². The number of amides is 1. The standard InChI is InChI=1S/C18H22FN5O/c1-2-20-16-7-8-17(22-21-16)23-9-11-24(12-10-23)18(25)13-14-5-3-4-6-15(14)19/h3-8H,2,9-13H2,1H3,(H,20,21). The predicted molar refractivity (Wildman–Crippen MR) is 95.1 cm³/mol. The molecule has 1 N–H and O–H groups in total. The van der Waals surface area contributed by atoms with E-state index in [0.29, 0.717) is 31.7 Å². The molecule has 25 heavy (non-hydrogen) atoms. The van der Waals surface area contributed by atoms with Crippen LogP contribution in [0.5, 0.6) is 0 Å². The van der Waals surface area contributed by atoms with Crippen molar-refractivity contribution in [1.82, 2.24) is 15.1 Å². The van der Waals surface area contributed by atoms with Crippen LogP contribution in [-0.4, -0.2) is 53.7 Å². The molecule has 2 aromatic rings. The molecule has 6 nitrogen and oxygen atoms in total. The topological polar surface area (TPSA) is 61.4 Å². The Morgan fingerprint density at radius 2 is 1.88 bits per heavy atom. The third-order valence-electron chi connectivity index (χ3n) is 4.26. The largest absolute Gasteiger partial charge is 0.369 e. The van der Waals surface area contributed by atoms with Crippen LogP contribution in [0.25, 0.3) is 0 Å². The van der Waals surface area contributed by atoms with Crippen molar-refractivity contribution in [1.29, 1.82) is 0 Å². The fourth-order valence-electron chi connectivity index (χ4n) is 2.87. The van der Waals surface area contributed by atoms with Crippen LogP contribution in [0.2, 0.25) is 0 Å². The second-order valence-electron chi connectivity index (χ2n) is 5.94. The molecule has 1 fully saturated rings. The fourth-order valence-corrected chi connectivity index (χ4v) is 2.87.